The first-order valence-electron chi connectivity index (χ1n) is 5.83. The molecule has 0 bridgehead atoms. The Labute approximate surface area is 93.7 Å². The zero-order valence-corrected chi connectivity index (χ0v) is 10.4. The highest BCUT2D eigenvalue weighted by molar-refractivity contribution is 5.30. The number of rotatable bonds is 4. The summed E-state index contributed by atoms with van der Waals surface area (Å²) < 4.78 is 0. The third-order valence-electron chi connectivity index (χ3n) is 3.25. The highest BCUT2D eigenvalue weighted by atomic mass is 14.5. The van der Waals surface area contributed by atoms with Gasteiger partial charge in [-0.2, -0.15) is 0 Å². The first-order valence-corrected chi connectivity index (χ1v) is 5.83. The zero-order chi connectivity index (χ0) is 11.4. The lowest BCUT2D eigenvalue weighted by atomic mass is 9.85. The van der Waals surface area contributed by atoms with E-state index in [1.54, 1.807) is 0 Å². The van der Waals surface area contributed by atoms with Crippen molar-refractivity contribution < 1.29 is 0 Å². The van der Waals surface area contributed by atoms with Crippen molar-refractivity contribution in [1.29, 1.82) is 0 Å². The van der Waals surface area contributed by atoms with Gasteiger partial charge in [-0.1, -0.05) is 43.2 Å². The summed E-state index contributed by atoms with van der Waals surface area (Å²) in [6.07, 6.45) is 1.11. The normalized spacial score (nSPS) is 15.0. The Hall–Kier alpha value is -0.820. The summed E-state index contributed by atoms with van der Waals surface area (Å²) in [5.74, 6) is 1.27. The molecule has 1 nitrogen and oxygen atoms in total. The number of aryl methyl sites for hydroxylation is 2. The van der Waals surface area contributed by atoms with Crippen molar-refractivity contribution in [3.63, 3.8) is 0 Å². The number of benzene rings is 1. The smallest absolute Gasteiger partial charge is 0.00745 e. The molecule has 0 aliphatic heterocycles. The van der Waals surface area contributed by atoms with Gasteiger partial charge in [0.25, 0.3) is 0 Å². The molecule has 1 rings (SSSR count). The van der Waals surface area contributed by atoms with Gasteiger partial charge in [0.15, 0.2) is 0 Å². The topological polar surface area (TPSA) is 26.0 Å². The molecule has 2 atom stereocenters. The minimum absolute atomic E-state index is 0.604. The fraction of sp³-hybridized carbons (Fsp3) is 0.571. The van der Waals surface area contributed by atoms with Crippen LogP contribution in [0.1, 0.15) is 42.9 Å². The Bertz CT molecular complexity index is 297. The second kappa shape index (κ2) is 5.32. The van der Waals surface area contributed by atoms with Gasteiger partial charge >= 0.3 is 0 Å². The number of hydrogen-bond donors (Lipinski definition) is 1. The summed E-state index contributed by atoms with van der Waals surface area (Å²) in [4.78, 5) is 0. The van der Waals surface area contributed by atoms with Gasteiger partial charge in [0.05, 0.1) is 0 Å². The average molecular weight is 205 g/mol. The van der Waals surface area contributed by atoms with Crippen LogP contribution in [0, 0.1) is 19.8 Å². The largest absolute Gasteiger partial charge is 0.330 e. The summed E-state index contributed by atoms with van der Waals surface area (Å²) in [6.45, 7) is 9.70. The third-order valence-corrected chi connectivity index (χ3v) is 3.25. The Kier molecular flexibility index (Phi) is 4.34. The van der Waals surface area contributed by atoms with Gasteiger partial charge in [-0.25, -0.2) is 0 Å². The Balaban J connectivity index is 2.85. The molecule has 84 valence electrons. The summed E-state index contributed by atoms with van der Waals surface area (Å²) >= 11 is 0. The average Bonchev–Trinajstić information content (AvgIpc) is 2.15. The maximum absolute atomic E-state index is 5.61. The lowest BCUT2D eigenvalue weighted by molar-refractivity contribution is 0.459. The van der Waals surface area contributed by atoms with Crippen molar-refractivity contribution in [3.05, 3.63) is 34.9 Å². The van der Waals surface area contributed by atoms with Gasteiger partial charge in [0, 0.05) is 0 Å². The molecule has 15 heavy (non-hydrogen) atoms. The number of nitrogens with two attached hydrogens (primary N) is 1. The third kappa shape index (κ3) is 3.35. The molecule has 0 heterocycles. The Morgan fingerprint density at radius 1 is 1.07 bits per heavy atom. The van der Waals surface area contributed by atoms with Crippen molar-refractivity contribution in [2.24, 2.45) is 11.7 Å². The quantitative estimate of drug-likeness (QED) is 0.801. The maximum Gasteiger partial charge on any atom is -0.00745 e. The molecule has 0 amide bonds. The van der Waals surface area contributed by atoms with Crippen molar-refractivity contribution in [2.75, 3.05) is 6.54 Å². The molecule has 1 aromatic carbocycles. The first-order chi connectivity index (χ1) is 7.04. The van der Waals surface area contributed by atoms with Crippen molar-refractivity contribution in [2.45, 2.75) is 40.0 Å². The molecule has 0 saturated carbocycles. The van der Waals surface area contributed by atoms with E-state index < -0.39 is 0 Å². The maximum atomic E-state index is 5.61. The second-order valence-electron chi connectivity index (χ2n) is 4.76. The summed E-state index contributed by atoms with van der Waals surface area (Å²) in [5.41, 5.74) is 9.77. The van der Waals surface area contributed by atoms with Crippen LogP contribution in [0.2, 0.25) is 0 Å². The van der Waals surface area contributed by atoms with Crippen LogP contribution >= 0.6 is 0 Å². The number of hydrogen-bond acceptors (Lipinski definition) is 1. The molecule has 0 aliphatic carbocycles. The minimum Gasteiger partial charge on any atom is -0.330 e. The highest BCUT2D eigenvalue weighted by Gasteiger charge is 2.13. The fourth-order valence-electron chi connectivity index (χ4n) is 2.11. The molecule has 0 radical (unpaired) electrons. The van der Waals surface area contributed by atoms with E-state index in [1.807, 2.05) is 0 Å². The molecular formula is C14H23N. The van der Waals surface area contributed by atoms with E-state index in [1.165, 1.54) is 16.7 Å². The van der Waals surface area contributed by atoms with E-state index in [2.05, 4.69) is 45.9 Å². The van der Waals surface area contributed by atoms with Crippen molar-refractivity contribution >= 4 is 0 Å². The first kappa shape index (κ1) is 12.3. The predicted octanol–water partition coefficient (Wildman–Crippen LogP) is 3.39. The van der Waals surface area contributed by atoms with E-state index in [4.69, 9.17) is 5.73 Å². The molecule has 0 aromatic heterocycles. The molecule has 1 heteroatoms. The van der Waals surface area contributed by atoms with Gasteiger partial charge in [0.1, 0.15) is 0 Å². The van der Waals surface area contributed by atoms with E-state index >= 15 is 0 Å². The highest BCUT2D eigenvalue weighted by Crippen LogP contribution is 2.27. The monoisotopic (exact) mass is 205 g/mol. The van der Waals surface area contributed by atoms with Crippen LogP contribution in [-0.2, 0) is 0 Å². The van der Waals surface area contributed by atoms with E-state index in [-0.39, 0.29) is 0 Å². The van der Waals surface area contributed by atoms with Crippen molar-refractivity contribution in [3.8, 4) is 0 Å². The molecule has 0 saturated heterocycles. The molecule has 1 aromatic rings. The Morgan fingerprint density at radius 3 is 2.07 bits per heavy atom. The van der Waals surface area contributed by atoms with Crippen LogP contribution in [-0.4, -0.2) is 6.54 Å². The van der Waals surface area contributed by atoms with Crippen LogP contribution in [0.15, 0.2) is 18.2 Å². The SMILES string of the molecule is Cc1cc(C)cc(C(C)C(C)CCN)c1. The van der Waals surface area contributed by atoms with E-state index in [9.17, 15) is 0 Å². The van der Waals surface area contributed by atoms with E-state index in [0.29, 0.717) is 11.8 Å². The minimum atomic E-state index is 0.604. The molecule has 2 N–H and O–H groups in total. The lowest BCUT2D eigenvalue weighted by Crippen LogP contribution is -2.12. The van der Waals surface area contributed by atoms with Gasteiger partial charge < -0.3 is 5.73 Å². The van der Waals surface area contributed by atoms with Gasteiger partial charge in [-0.05, 0) is 44.2 Å². The molecule has 0 fully saturated rings. The fourth-order valence-corrected chi connectivity index (χ4v) is 2.11. The van der Waals surface area contributed by atoms with Crippen LogP contribution in [0.25, 0.3) is 0 Å². The second-order valence-corrected chi connectivity index (χ2v) is 4.76. The molecule has 0 aliphatic rings. The summed E-state index contributed by atoms with van der Waals surface area (Å²) in [6, 6.07) is 6.82. The van der Waals surface area contributed by atoms with Gasteiger partial charge in [0.2, 0.25) is 0 Å². The van der Waals surface area contributed by atoms with Crippen molar-refractivity contribution in [1.82, 2.24) is 0 Å². The van der Waals surface area contributed by atoms with Crippen LogP contribution in [0.3, 0.4) is 0 Å². The molecule has 0 spiro atoms. The van der Waals surface area contributed by atoms with Crippen LogP contribution in [0.5, 0.6) is 0 Å². The van der Waals surface area contributed by atoms with E-state index in [0.717, 1.165) is 13.0 Å². The summed E-state index contributed by atoms with van der Waals surface area (Å²) in [5, 5.41) is 0. The van der Waals surface area contributed by atoms with Crippen LogP contribution < -0.4 is 5.73 Å². The summed E-state index contributed by atoms with van der Waals surface area (Å²) in [7, 11) is 0. The lowest BCUT2D eigenvalue weighted by Gasteiger charge is -2.20. The Morgan fingerprint density at radius 2 is 1.60 bits per heavy atom. The van der Waals surface area contributed by atoms with Gasteiger partial charge in [-0.3, -0.25) is 0 Å². The predicted molar refractivity (Wildman–Crippen MR) is 67.2 cm³/mol. The molecular weight excluding hydrogens is 182 g/mol. The standard InChI is InChI=1S/C14H23N/c1-10-7-11(2)9-14(8-10)13(4)12(3)5-6-15/h7-9,12-13H,5-6,15H2,1-4H3. The zero-order valence-electron chi connectivity index (χ0n) is 10.4. The van der Waals surface area contributed by atoms with Crippen LogP contribution in [0.4, 0.5) is 0 Å². The van der Waals surface area contributed by atoms with Gasteiger partial charge in [-0.15, -0.1) is 0 Å². The molecule has 2 unspecified atom stereocenters.